The van der Waals surface area contributed by atoms with Gasteiger partial charge in [0.1, 0.15) is 5.75 Å². The van der Waals surface area contributed by atoms with Crippen molar-refractivity contribution in [3.63, 3.8) is 0 Å². The summed E-state index contributed by atoms with van der Waals surface area (Å²) in [6.45, 7) is 2.12. The Hall–Kier alpha value is -2.74. The van der Waals surface area contributed by atoms with E-state index >= 15 is 0 Å². The fourth-order valence-electron chi connectivity index (χ4n) is 2.82. The summed E-state index contributed by atoms with van der Waals surface area (Å²) in [7, 11) is 4.67. The van der Waals surface area contributed by atoms with Gasteiger partial charge in [-0.15, -0.1) is 11.3 Å². The van der Waals surface area contributed by atoms with Crippen LogP contribution in [0.3, 0.4) is 0 Å². The van der Waals surface area contributed by atoms with Gasteiger partial charge in [0, 0.05) is 24.1 Å². The van der Waals surface area contributed by atoms with E-state index in [1.807, 2.05) is 13.0 Å². The highest BCUT2D eigenvalue weighted by Gasteiger charge is 2.30. The van der Waals surface area contributed by atoms with E-state index in [1.54, 1.807) is 33.5 Å². The van der Waals surface area contributed by atoms with E-state index in [4.69, 9.17) is 14.2 Å². The first-order chi connectivity index (χ1) is 13.5. The number of anilines is 1. The molecule has 2 N–H and O–H groups in total. The number of hydrogen-bond donors (Lipinski definition) is 2. The fourth-order valence-corrected chi connectivity index (χ4v) is 3.82. The SMILES string of the molecule is COc1cc(OC)c(OC)cc1CNC(=O)c1sc(NC(=O)C2CC2)cc1C. The average Bonchev–Trinajstić information content (AvgIpc) is 3.48. The molecule has 3 rings (SSSR count). The molecule has 0 radical (unpaired) electrons. The van der Waals surface area contributed by atoms with Crippen molar-refractivity contribution in [1.29, 1.82) is 0 Å². The van der Waals surface area contributed by atoms with Gasteiger partial charge in [-0.3, -0.25) is 9.59 Å². The number of amides is 2. The first-order valence-electron chi connectivity index (χ1n) is 8.95. The summed E-state index contributed by atoms with van der Waals surface area (Å²) >= 11 is 1.28. The molecule has 7 nitrogen and oxygen atoms in total. The van der Waals surface area contributed by atoms with E-state index in [-0.39, 0.29) is 24.3 Å². The average molecular weight is 404 g/mol. The highest BCUT2D eigenvalue weighted by Crippen LogP contribution is 2.35. The van der Waals surface area contributed by atoms with Gasteiger partial charge >= 0.3 is 0 Å². The summed E-state index contributed by atoms with van der Waals surface area (Å²) < 4.78 is 16.0. The number of ether oxygens (including phenoxy) is 3. The second-order valence-corrected chi connectivity index (χ2v) is 7.64. The second kappa shape index (κ2) is 8.52. The van der Waals surface area contributed by atoms with Gasteiger partial charge in [-0.25, -0.2) is 0 Å². The van der Waals surface area contributed by atoms with Gasteiger partial charge < -0.3 is 24.8 Å². The summed E-state index contributed by atoms with van der Waals surface area (Å²) in [5.74, 6) is 1.66. The van der Waals surface area contributed by atoms with Gasteiger partial charge in [0.15, 0.2) is 11.5 Å². The molecule has 2 aromatic rings. The molecule has 1 aliphatic rings. The van der Waals surface area contributed by atoms with Crippen molar-refractivity contribution in [2.45, 2.75) is 26.3 Å². The van der Waals surface area contributed by atoms with E-state index in [2.05, 4.69) is 10.6 Å². The summed E-state index contributed by atoms with van der Waals surface area (Å²) in [4.78, 5) is 25.1. The maximum absolute atomic E-state index is 12.7. The molecule has 0 saturated heterocycles. The van der Waals surface area contributed by atoms with Crippen molar-refractivity contribution in [3.05, 3.63) is 34.2 Å². The van der Waals surface area contributed by atoms with Crippen LogP contribution in [0.25, 0.3) is 0 Å². The molecule has 8 heteroatoms. The Labute approximate surface area is 168 Å². The lowest BCUT2D eigenvalue weighted by atomic mass is 10.1. The zero-order chi connectivity index (χ0) is 20.3. The standard InChI is InChI=1S/C20H24N2O5S/c1-11-7-17(22-19(23)12-5-6-12)28-18(11)20(24)21-10-13-8-15(26-3)16(27-4)9-14(13)25-2/h7-9,12H,5-6,10H2,1-4H3,(H,21,24)(H,22,23). The minimum Gasteiger partial charge on any atom is -0.496 e. The van der Waals surface area contributed by atoms with Gasteiger partial charge in [-0.1, -0.05) is 0 Å². The van der Waals surface area contributed by atoms with Crippen LogP contribution in [-0.4, -0.2) is 33.1 Å². The number of hydrogen-bond acceptors (Lipinski definition) is 6. The molecule has 0 spiro atoms. The Morgan fingerprint density at radius 3 is 2.29 bits per heavy atom. The highest BCUT2D eigenvalue weighted by atomic mass is 32.1. The van der Waals surface area contributed by atoms with Gasteiger partial charge in [0.05, 0.1) is 31.2 Å². The second-order valence-electron chi connectivity index (χ2n) is 6.59. The molecular formula is C20H24N2O5S. The van der Waals surface area contributed by atoms with E-state index in [1.165, 1.54) is 11.3 Å². The monoisotopic (exact) mass is 404 g/mol. The largest absolute Gasteiger partial charge is 0.496 e. The first kappa shape index (κ1) is 20.0. The first-order valence-corrected chi connectivity index (χ1v) is 9.76. The van der Waals surface area contributed by atoms with Crippen molar-refractivity contribution < 1.29 is 23.8 Å². The zero-order valence-electron chi connectivity index (χ0n) is 16.4. The van der Waals surface area contributed by atoms with Crippen molar-refractivity contribution in [2.24, 2.45) is 5.92 Å². The van der Waals surface area contributed by atoms with Crippen LogP contribution in [0.4, 0.5) is 5.00 Å². The van der Waals surface area contributed by atoms with E-state index in [0.29, 0.717) is 27.1 Å². The van der Waals surface area contributed by atoms with Crippen LogP contribution in [0.15, 0.2) is 18.2 Å². The minimum atomic E-state index is -0.203. The highest BCUT2D eigenvalue weighted by molar-refractivity contribution is 7.18. The lowest BCUT2D eigenvalue weighted by molar-refractivity contribution is -0.117. The smallest absolute Gasteiger partial charge is 0.261 e. The third kappa shape index (κ3) is 4.39. The maximum atomic E-state index is 12.7. The summed E-state index contributed by atoms with van der Waals surface area (Å²) in [6, 6.07) is 5.33. The predicted octanol–water partition coefficient (Wildman–Crippen LogP) is 3.36. The van der Waals surface area contributed by atoms with Crippen LogP contribution in [0.2, 0.25) is 0 Å². The summed E-state index contributed by atoms with van der Waals surface area (Å²) in [6.07, 6.45) is 1.88. The molecule has 2 amide bonds. The Bertz CT molecular complexity index is 889. The van der Waals surface area contributed by atoms with Crippen LogP contribution in [-0.2, 0) is 11.3 Å². The van der Waals surface area contributed by atoms with Gasteiger partial charge in [0.2, 0.25) is 5.91 Å². The molecule has 1 fully saturated rings. The van der Waals surface area contributed by atoms with Gasteiger partial charge in [-0.2, -0.15) is 0 Å². The summed E-state index contributed by atoms with van der Waals surface area (Å²) in [5.41, 5.74) is 1.60. The number of carbonyl (C=O) groups is 2. The molecule has 0 atom stereocenters. The fraction of sp³-hybridized carbons (Fsp3) is 0.400. The number of benzene rings is 1. The number of thiophene rings is 1. The van der Waals surface area contributed by atoms with Crippen molar-refractivity contribution in [2.75, 3.05) is 26.6 Å². The van der Waals surface area contributed by atoms with Gasteiger partial charge in [0.25, 0.3) is 5.91 Å². The molecule has 0 aliphatic heterocycles. The molecule has 0 unspecified atom stereocenters. The number of rotatable bonds is 8. The molecular weight excluding hydrogens is 380 g/mol. The molecule has 0 bridgehead atoms. The normalized spacial score (nSPS) is 13.0. The van der Waals surface area contributed by atoms with Crippen LogP contribution in [0.5, 0.6) is 17.2 Å². The topological polar surface area (TPSA) is 85.9 Å². The molecule has 28 heavy (non-hydrogen) atoms. The Morgan fingerprint density at radius 2 is 1.68 bits per heavy atom. The van der Waals surface area contributed by atoms with Crippen molar-refractivity contribution >= 4 is 28.2 Å². The minimum absolute atomic E-state index is 0.0308. The lowest BCUT2D eigenvalue weighted by Crippen LogP contribution is -2.22. The van der Waals surface area contributed by atoms with Crippen LogP contribution >= 0.6 is 11.3 Å². The molecule has 150 valence electrons. The Morgan fingerprint density at radius 1 is 1.04 bits per heavy atom. The number of methoxy groups -OCH3 is 3. The molecule has 1 aromatic carbocycles. The maximum Gasteiger partial charge on any atom is 0.261 e. The van der Waals surface area contributed by atoms with Crippen molar-refractivity contribution in [3.8, 4) is 17.2 Å². The van der Waals surface area contributed by atoms with E-state index in [9.17, 15) is 9.59 Å². The van der Waals surface area contributed by atoms with E-state index < -0.39 is 0 Å². The van der Waals surface area contributed by atoms with Crippen LogP contribution in [0.1, 0.15) is 33.6 Å². The lowest BCUT2D eigenvalue weighted by Gasteiger charge is -2.14. The molecule has 1 saturated carbocycles. The zero-order valence-corrected chi connectivity index (χ0v) is 17.2. The van der Waals surface area contributed by atoms with Gasteiger partial charge in [-0.05, 0) is 37.5 Å². The van der Waals surface area contributed by atoms with Crippen LogP contribution < -0.4 is 24.8 Å². The van der Waals surface area contributed by atoms with Crippen molar-refractivity contribution in [1.82, 2.24) is 5.32 Å². The molecule has 1 aliphatic carbocycles. The summed E-state index contributed by atoms with van der Waals surface area (Å²) in [5, 5.41) is 6.49. The Kier molecular flexibility index (Phi) is 6.08. The van der Waals surface area contributed by atoms with Crippen LogP contribution in [0, 0.1) is 12.8 Å². The number of carbonyl (C=O) groups excluding carboxylic acids is 2. The number of nitrogens with one attached hydrogen (secondary N) is 2. The molecule has 1 aromatic heterocycles. The third-order valence-corrected chi connectivity index (χ3v) is 5.70. The van der Waals surface area contributed by atoms with E-state index in [0.717, 1.165) is 24.0 Å². The Balaban J connectivity index is 1.70. The molecule has 1 heterocycles. The quantitative estimate of drug-likeness (QED) is 0.705. The number of aryl methyl sites for hydroxylation is 1. The predicted molar refractivity (Wildman–Crippen MR) is 108 cm³/mol. The third-order valence-electron chi connectivity index (χ3n) is 4.54.